The average molecular weight is 330 g/mol. The molecule has 0 radical (unpaired) electrons. The molecule has 0 N–H and O–H groups in total. The molecule has 0 aliphatic carbocycles. The van der Waals surface area contributed by atoms with Gasteiger partial charge in [-0.05, 0) is 42.8 Å². The standard InChI is InChI=1S/C19H18N6/c1-3-10-20-16(6-1)18-8-14-24(22-18)12-5-13-25-15-9-19(23-25)17-7-2-4-11-21-17/h1-4,6-11,14-15H,5,12-13H2. The summed E-state index contributed by atoms with van der Waals surface area (Å²) in [6.07, 6.45) is 8.50. The molecule has 0 bridgehead atoms. The maximum Gasteiger partial charge on any atom is 0.111 e. The summed E-state index contributed by atoms with van der Waals surface area (Å²) in [5.74, 6) is 0. The minimum atomic E-state index is 0.839. The summed E-state index contributed by atoms with van der Waals surface area (Å²) in [6.45, 7) is 1.68. The summed E-state index contributed by atoms with van der Waals surface area (Å²) in [4.78, 5) is 8.65. The highest BCUT2D eigenvalue weighted by Gasteiger charge is 2.05. The van der Waals surface area contributed by atoms with Gasteiger partial charge >= 0.3 is 0 Å². The summed E-state index contributed by atoms with van der Waals surface area (Å²) >= 11 is 0. The van der Waals surface area contributed by atoms with Gasteiger partial charge in [0.1, 0.15) is 11.4 Å². The first-order chi connectivity index (χ1) is 12.4. The van der Waals surface area contributed by atoms with E-state index in [1.807, 2.05) is 70.3 Å². The number of aromatic nitrogens is 6. The van der Waals surface area contributed by atoms with Gasteiger partial charge in [0, 0.05) is 37.9 Å². The zero-order chi connectivity index (χ0) is 16.9. The minimum absolute atomic E-state index is 0.839. The molecule has 0 unspecified atom stereocenters. The third-order valence-electron chi connectivity index (χ3n) is 3.91. The van der Waals surface area contributed by atoms with E-state index in [0.29, 0.717) is 0 Å². The topological polar surface area (TPSA) is 61.4 Å². The van der Waals surface area contributed by atoms with E-state index in [4.69, 9.17) is 0 Å². The highest BCUT2D eigenvalue weighted by Crippen LogP contribution is 2.14. The largest absolute Gasteiger partial charge is 0.272 e. The molecule has 25 heavy (non-hydrogen) atoms. The lowest BCUT2D eigenvalue weighted by atomic mass is 10.3. The van der Waals surface area contributed by atoms with Crippen molar-refractivity contribution in [3.8, 4) is 22.8 Å². The second kappa shape index (κ2) is 7.09. The van der Waals surface area contributed by atoms with Crippen molar-refractivity contribution in [2.24, 2.45) is 0 Å². The van der Waals surface area contributed by atoms with Crippen molar-refractivity contribution >= 4 is 0 Å². The zero-order valence-electron chi connectivity index (χ0n) is 13.7. The fraction of sp³-hybridized carbons (Fsp3) is 0.158. The molecule has 4 aromatic heterocycles. The van der Waals surface area contributed by atoms with Crippen molar-refractivity contribution in [1.29, 1.82) is 0 Å². The van der Waals surface area contributed by atoms with Crippen LogP contribution in [-0.4, -0.2) is 29.5 Å². The SMILES string of the molecule is c1ccc(-c2ccn(CCCn3ccc(-c4ccccn4)n3)n2)nc1. The predicted molar refractivity (Wildman–Crippen MR) is 95.5 cm³/mol. The van der Waals surface area contributed by atoms with E-state index < -0.39 is 0 Å². The van der Waals surface area contributed by atoms with E-state index in [-0.39, 0.29) is 0 Å². The smallest absolute Gasteiger partial charge is 0.111 e. The van der Waals surface area contributed by atoms with Crippen molar-refractivity contribution in [3.05, 3.63) is 73.3 Å². The molecule has 0 aliphatic heterocycles. The van der Waals surface area contributed by atoms with Gasteiger partial charge in [-0.1, -0.05) is 12.1 Å². The highest BCUT2D eigenvalue weighted by molar-refractivity contribution is 5.53. The van der Waals surface area contributed by atoms with Gasteiger partial charge in [0.25, 0.3) is 0 Å². The molecule has 4 rings (SSSR count). The Morgan fingerprint density at radius 2 is 1.12 bits per heavy atom. The third kappa shape index (κ3) is 3.63. The van der Waals surface area contributed by atoms with Crippen LogP contribution in [0.25, 0.3) is 22.8 Å². The zero-order valence-corrected chi connectivity index (χ0v) is 13.7. The minimum Gasteiger partial charge on any atom is -0.272 e. The van der Waals surface area contributed by atoms with Gasteiger partial charge in [-0.15, -0.1) is 0 Å². The van der Waals surface area contributed by atoms with Crippen LogP contribution in [-0.2, 0) is 13.1 Å². The van der Waals surface area contributed by atoms with Gasteiger partial charge in [0.05, 0.1) is 11.4 Å². The number of rotatable bonds is 6. The van der Waals surface area contributed by atoms with Gasteiger partial charge in [-0.25, -0.2) is 0 Å². The Kier molecular flexibility index (Phi) is 4.33. The van der Waals surface area contributed by atoms with Gasteiger partial charge in [-0.2, -0.15) is 10.2 Å². The molecule has 0 fully saturated rings. The Labute approximate surface area is 145 Å². The van der Waals surface area contributed by atoms with Crippen LogP contribution in [0.1, 0.15) is 6.42 Å². The van der Waals surface area contributed by atoms with Crippen LogP contribution in [0.15, 0.2) is 73.3 Å². The van der Waals surface area contributed by atoms with E-state index in [1.54, 1.807) is 12.4 Å². The monoisotopic (exact) mass is 330 g/mol. The van der Waals surface area contributed by atoms with Crippen LogP contribution in [0.4, 0.5) is 0 Å². The van der Waals surface area contributed by atoms with Crippen LogP contribution < -0.4 is 0 Å². The van der Waals surface area contributed by atoms with Gasteiger partial charge in [0.15, 0.2) is 0 Å². The second-order valence-electron chi connectivity index (χ2n) is 5.71. The van der Waals surface area contributed by atoms with Crippen LogP contribution in [0.5, 0.6) is 0 Å². The van der Waals surface area contributed by atoms with E-state index in [0.717, 1.165) is 42.3 Å². The molecule has 0 spiro atoms. The molecule has 0 atom stereocenters. The van der Waals surface area contributed by atoms with E-state index in [1.165, 1.54) is 0 Å². The maximum absolute atomic E-state index is 4.58. The van der Waals surface area contributed by atoms with Crippen molar-refractivity contribution < 1.29 is 0 Å². The molecule has 4 aromatic rings. The fourth-order valence-corrected chi connectivity index (χ4v) is 2.67. The van der Waals surface area contributed by atoms with Crippen molar-refractivity contribution in [1.82, 2.24) is 29.5 Å². The quantitative estimate of drug-likeness (QED) is 0.544. The molecule has 0 aromatic carbocycles. The van der Waals surface area contributed by atoms with Crippen LogP contribution in [0.3, 0.4) is 0 Å². The van der Waals surface area contributed by atoms with Crippen molar-refractivity contribution in [3.63, 3.8) is 0 Å². The summed E-state index contributed by atoms with van der Waals surface area (Å²) in [5.41, 5.74) is 3.59. The summed E-state index contributed by atoms with van der Waals surface area (Å²) in [5, 5.41) is 9.16. The lowest BCUT2D eigenvalue weighted by molar-refractivity contribution is 0.502. The number of hydrogen-bond acceptors (Lipinski definition) is 4. The number of hydrogen-bond donors (Lipinski definition) is 0. The lowest BCUT2D eigenvalue weighted by Gasteiger charge is -2.03. The van der Waals surface area contributed by atoms with Gasteiger partial charge in [0.2, 0.25) is 0 Å². The molecule has 4 heterocycles. The molecule has 6 nitrogen and oxygen atoms in total. The maximum atomic E-state index is 4.58. The highest BCUT2D eigenvalue weighted by atomic mass is 15.3. The average Bonchev–Trinajstić information content (AvgIpc) is 3.33. The lowest BCUT2D eigenvalue weighted by Crippen LogP contribution is -2.05. The Bertz CT molecular complexity index is 849. The Morgan fingerprint density at radius 1 is 0.600 bits per heavy atom. The van der Waals surface area contributed by atoms with E-state index >= 15 is 0 Å². The molecular weight excluding hydrogens is 312 g/mol. The molecule has 0 saturated heterocycles. The Hall–Kier alpha value is -3.28. The molecular formula is C19H18N6. The van der Waals surface area contributed by atoms with Crippen LogP contribution in [0, 0.1) is 0 Å². The third-order valence-corrected chi connectivity index (χ3v) is 3.91. The first-order valence-corrected chi connectivity index (χ1v) is 8.28. The first-order valence-electron chi connectivity index (χ1n) is 8.28. The molecule has 0 saturated carbocycles. The van der Waals surface area contributed by atoms with Gasteiger partial charge in [-0.3, -0.25) is 19.3 Å². The second-order valence-corrected chi connectivity index (χ2v) is 5.71. The Balaban J connectivity index is 1.34. The first kappa shape index (κ1) is 15.3. The molecule has 124 valence electrons. The fourth-order valence-electron chi connectivity index (χ4n) is 2.67. The predicted octanol–water partition coefficient (Wildman–Crippen LogP) is 3.29. The number of nitrogens with zero attached hydrogens (tertiary/aromatic N) is 6. The molecule has 0 aliphatic rings. The van der Waals surface area contributed by atoms with E-state index in [9.17, 15) is 0 Å². The number of aryl methyl sites for hydroxylation is 2. The van der Waals surface area contributed by atoms with Crippen molar-refractivity contribution in [2.75, 3.05) is 0 Å². The van der Waals surface area contributed by atoms with Gasteiger partial charge < -0.3 is 0 Å². The number of pyridine rings is 2. The van der Waals surface area contributed by atoms with E-state index in [2.05, 4.69) is 20.2 Å². The summed E-state index contributed by atoms with van der Waals surface area (Å²) < 4.78 is 3.90. The molecule has 6 heteroatoms. The Morgan fingerprint density at radius 3 is 1.56 bits per heavy atom. The van der Waals surface area contributed by atoms with Crippen LogP contribution in [0.2, 0.25) is 0 Å². The van der Waals surface area contributed by atoms with Crippen molar-refractivity contribution in [2.45, 2.75) is 19.5 Å². The summed E-state index contributed by atoms with van der Waals surface area (Å²) in [7, 11) is 0. The molecule has 0 amide bonds. The summed E-state index contributed by atoms with van der Waals surface area (Å²) in [6, 6.07) is 15.7. The van der Waals surface area contributed by atoms with Crippen LogP contribution >= 0.6 is 0 Å². The normalized spacial score (nSPS) is 10.9.